The predicted octanol–water partition coefficient (Wildman–Crippen LogP) is 2.94. The van der Waals surface area contributed by atoms with Gasteiger partial charge in [-0.05, 0) is 12.1 Å². The highest BCUT2D eigenvalue weighted by molar-refractivity contribution is 6.40. The first-order valence-corrected chi connectivity index (χ1v) is 5.13. The molecule has 0 heterocycles. The Bertz CT molecular complexity index is 353. The Labute approximate surface area is 102 Å². The van der Waals surface area contributed by atoms with E-state index >= 15 is 0 Å². The van der Waals surface area contributed by atoms with E-state index in [-0.39, 0.29) is 11.0 Å². The van der Waals surface area contributed by atoms with Crippen LogP contribution >= 0.6 is 23.2 Å². The molecule has 0 spiro atoms. The van der Waals surface area contributed by atoms with Crippen molar-refractivity contribution in [2.45, 2.75) is 6.92 Å². The number of rotatable bonds is 2. The molecule has 88 valence electrons. The fourth-order valence-corrected chi connectivity index (χ4v) is 0.802. The van der Waals surface area contributed by atoms with Crippen LogP contribution in [0.15, 0.2) is 24.3 Å². The topological polar surface area (TPSA) is 69.4 Å². The Kier molecular flexibility index (Phi) is 7.24. The van der Waals surface area contributed by atoms with Crippen LogP contribution in [0.5, 0.6) is 5.75 Å². The summed E-state index contributed by atoms with van der Waals surface area (Å²) in [5, 5.41) is 10.4. The standard InChI is InChI=1S/C8H7NO4.CH2Cl2/c1-6(10)13-8-4-2-7(3-5-8)9(11)12;2-1-3/h2-5H,1H3;1H2. The van der Waals surface area contributed by atoms with Crippen molar-refractivity contribution in [2.75, 3.05) is 5.34 Å². The molecule has 0 atom stereocenters. The second kappa shape index (κ2) is 7.90. The van der Waals surface area contributed by atoms with Crippen molar-refractivity contribution in [3.63, 3.8) is 0 Å². The lowest BCUT2D eigenvalue weighted by Crippen LogP contribution is -2.01. The van der Waals surface area contributed by atoms with Crippen LogP contribution in [0.3, 0.4) is 0 Å². The van der Waals surface area contributed by atoms with Gasteiger partial charge in [0.1, 0.15) is 5.75 Å². The number of benzene rings is 1. The van der Waals surface area contributed by atoms with E-state index in [4.69, 9.17) is 23.2 Å². The molecule has 0 aliphatic heterocycles. The maximum atomic E-state index is 10.5. The normalized spacial score (nSPS) is 8.69. The Morgan fingerprint density at radius 3 is 2.12 bits per heavy atom. The SMILES string of the molecule is CC(=O)Oc1ccc([N+](=O)[O-])cc1.ClCCl. The van der Waals surface area contributed by atoms with E-state index in [1.807, 2.05) is 0 Å². The molecule has 16 heavy (non-hydrogen) atoms. The molecule has 0 radical (unpaired) electrons. The minimum atomic E-state index is -0.516. The number of halogens is 2. The molecule has 0 fully saturated rings. The third-order valence-electron chi connectivity index (χ3n) is 1.31. The molecule has 5 nitrogen and oxygen atoms in total. The van der Waals surface area contributed by atoms with Crippen molar-refractivity contribution in [1.82, 2.24) is 0 Å². The fraction of sp³-hybridized carbons (Fsp3) is 0.222. The molecule has 0 unspecified atom stereocenters. The maximum Gasteiger partial charge on any atom is 0.308 e. The van der Waals surface area contributed by atoms with E-state index < -0.39 is 10.9 Å². The predicted molar refractivity (Wildman–Crippen MR) is 61.0 cm³/mol. The van der Waals surface area contributed by atoms with Gasteiger partial charge in [-0.1, -0.05) is 0 Å². The number of non-ortho nitro benzene ring substituents is 1. The molecule has 1 rings (SSSR count). The smallest absolute Gasteiger partial charge is 0.308 e. The highest BCUT2D eigenvalue weighted by Crippen LogP contribution is 2.17. The molecule has 1 aromatic carbocycles. The largest absolute Gasteiger partial charge is 0.427 e. The number of ether oxygens (including phenoxy) is 1. The summed E-state index contributed by atoms with van der Waals surface area (Å²) in [6.45, 7) is 1.27. The van der Waals surface area contributed by atoms with E-state index in [1.165, 1.54) is 31.2 Å². The van der Waals surface area contributed by atoms with Crippen LogP contribution in [0.2, 0.25) is 0 Å². The monoisotopic (exact) mass is 265 g/mol. The van der Waals surface area contributed by atoms with Crippen LogP contribution in [0, 0.1) is 10.1 Å². The number of esters is 1. The van der Waals surface area contributed by atoms with Gasteiger partial charge in [-0.15, -0.1) is 23.2 Å². The van der Waals surface area contributed by atoms with Gasteiger partial charge in [0.2, 0.25) is 0 Å². The molecule has 0 aliphatic carbocycles. The van der Waals surface area contributed by atoms with Crippen molar-refractivity contribution < 1.29 is 14.5 Å². The van der Waals surface area contributed by atoms with Crippen LogP contribution < -0.4 is 4.74 Å². The number of alkyl halides is 2. The number of nitro benzene ring substituents is 1. The molecule has 0 amide bonds. The van der Waals surface area contributed by atoms with Gasteiger partial charge in [-0.25, -0.2) is 0 Å². The number of nitrogens with zero attached hydrogens (tertiary/aromatic N) is 1. The van der Waals surface area contributed by atoms with Gasteiger partial charge in [-0.3, -0.25) is 14.9 Å². The van der Waals surface area contributed by atoms with Gasteiger partial charge in [0, 0.05) is 19.1 Å². The highest BCUT2D eigenvalue weighted by atomic mass is 35.5. The minimum Gasteiger partial charge on any atom is -0.427 e. The van der Waals surface area contributed by atoms with Crippen molar-refractivity contribution in [1.29, 1.82) is 0 Å². The second-order valence-electron chi connectivity index (χ2n) is 2.45. The average Bonchev–Trinajstić information content (AvgIpc) is 2.18. The third kappa shape index (κ3) is 6.21. The molecule has 0 bridgehead atoms. The maximum absolute atomic E-state index is 10.5. The molecular weight excluding hydrogens is 257 g/mol. The van der Waals surface area contributed by atoms with E-state index in [0.717, 1.165) is 0 Å². The third-order valence-corrected chi connectivity index (χ3v) is 1.31. The van der Waals surface area contributed by atoms with Gasteiger partial charge < -0.3 is 4.74 Å². The van der Waals surface area contributed by atoms with Crippen LogP contribution in [-0.2, 0) is 4.79 Å². The Morgan fingerprint density at radius 2 is 1.81 bits per heavy atom. The average molecular weight is 266 g/mol. The summed E-state index contributed by atoms with van der Waals surface area (Å²) in [4.78, 5) is 20.2. The highest BCUT2D eigenvalue weighted by Gasteiger charge is 2.04. The van der Waals surface area contributed by atoms with Crippen LogP contribution in [0.4, 0.5) is 5.69 Å². The molecular formula is C9H9Cl2NO4. The molecule has 0 saturated heterocycles. The quantitative estimate of drug-likeness (QED) is 0.271. The van der Waals surface area contributed by atoms with Gasteiger partial charge in [-0.2, -0.15) is 0 Å². The second-order valence-corrected chi connectivity index (χ2v) is 3.25. The molecule has 1 aromatic rings. The summed E-state index contributed by atoms with van der Waals surface area (Å²) in [5.41, 5.74) is -0.0316. The summed E-state index contributed by atoms with van der Waals surface area (Å²) in [5.74, 6) is -0.146. The number of nitro groups is 1. The van der Waals surface area contributed by atoms with Gasteiger partial charge in [0.15, 0.2) is 0 Å². The van der Waals surface area contributed by atoms with Crippen LogP contribution in [-0.4, -0.2) is 16.2 Å². The van der Waals surface area contributed by atoms with E-state index in [0.29, 0.717) is 5.75 Å². The lowest BCUT2D eigenvalue weighted by molar-refractivity contribution is -0.384. The van der Waals surface area contributed by atoms with Crippen LogP contribution in [0.1, 0.15) is 6.92 Å². The summed E-state index contributed by atoms with van der Waals surface area (Å²) >= 11 is 9.53. The Morgan fingerprint density at radius 1 is 1.38 bits per heavy atom. The summed E-state index contributed by atoms with van der Waals surface area (Å²) in [6, 6.07) is 5.30. The lowest BCUT2D eigenvalue weighted by atomic mass is 10.3. The number of carbonyl (C=O) groups excluding carboxylic acids is 1. The van der Waals surface area contributed by atoms with Crippen molar-refractivity contribution in [3.8, 4) is 5.75 Å². The zero-order valence-corrected chi connectivity index (χ0v) is 9.86. The zero-order chi connectivity index (χ0) is 12.6. The molecule has 0 aliphatic rings. The number of hydrogen-bond acceptors (Lipinski definition) is 4. The Balaban J connectivity index is 0.000000673. The lowest BCUT2D eigenvalue weighted by Gasteiger charge is -1.98. The van der Waals surface area contributed by atoms with Gasteiger partial charge >= 0.3 is 5.97 Å². The zero-order valence-electron chi connectivity index (χ0n) is 8.35. The molecule has 0 aromatic heterocycles. The number of carbonyl (C=O) groups is 1. The molecule has 0 saturated carbocycles. The van der Waals surface area contributed by atoms with Crippen molar-refractivity contribution >= 4 is 34.9 Å². The summed E-state index contributed by atoms with van der Waals surface area (Å²) in [7, 11) is 0. The summed E-state index contributed by atoms with van der Waals surface area (Å²) in [6.07, 6.45) is 0. The Hall–Kier alpha value is -1.33. The van der Waals surface area contributed by atoms with Crippen molar-refractivity contribution in [3.05, 3.63) is 34.4 Å². The minimum absolute atomic E-state index is 0.0316. The van der Waals surface area contributed by atoms with E-state index in [1.54, 1.807) is 0 Å². The number of hydrogen-bond donors (Lipinski definition) is 0. The van der Waals surface area contributed by atoms with E-state index in [9.17, 15) is 14.9 Å². The molecule has 0 N–H and O–H groups in total. The van der Waals surface area contributed by atoms with E-state index in [2.05, 4.69) is 4.74 Å². The first kappa shape index (κ1) is 14.7. The van der Waals surface area contributed by atoms with Crippen LogP contribution in [0.25, 0.3) is 0 Å². The first-order valence-electron chi connectivity index (χ1n) is 4.06. The summed E-state index contributed by atoms with van der Waals surface area (Å²) < 4.78 is 4.69. The van der Waals surface area contributed by atoms with Gasteiger partial charge in [0.05, 0.1) is 10.3 Å². The van der Waals surface area contributed by atoms with Gasteiger partial charge in [0.25, 0.3) is 5.69 Å². The fourth-order valence-electron chi connectivity index (χ4n) is 0.802. The first-order chi connectivity index (χ1) is 7.51. The molecule has 7 heteroatoms. The van der Waals surface area contributed by atoms with Crippen molar-refractivity contribution in [2.24, 2.45) is 0 Å².